The van der Waals surface area contributed by atoms with Crippen LogP contribution in [0.2, 0.25) is 0 Å². The smallest absolute Gasteiger partial charge is 0.342 e. The van der Waals surface area contributed by atoms with Crippen molar-refractivity contribution < 1.29 is 57.0 Å². The molecule has 51 heavy (non-hydrogen) atoms. The van der Waals surface area contributed by atoms with Gasteiger partial charge in [0.25, 0.3) is 0 Å². The normalized spacial score (nSPS) is 12.5. The third kappa shape index (κ3) is 13.4. The number of ether oxygens (including phenoxy) is 9. The lowest BCUT2D eigenvalue weighted by atomic mass is 10.2. The van der Waals surface area contributed by atoms with Crippen LogP contribution in [0.5, 0.6) is 17.2 Å². The van der Waals surface area contributed by atoms with Gasteiger partial charge in [0.15, 0.2) is 20.4 Å². The molecule has 0 fully saturated rings. The summed E-state index contributed by atoms with van der Waals surface area (Å²) in [5.41, 5.74) is 0.863. The fourth-order valence-corrected chi connectivity index (χ4v) is 4.22. The van der Waals surface area contributed by atoms with Gasteiger partial charge in [-0.25, -0.2) is 14.4 Å². The Morgan fingerprint density at radius 2 is 0.824 bits per heavy atom. The van der Waals surface area contributed by atoms with Crippen molar-refractivity contribution in [1.29, 1.82) is 0 Å². The van der Waals surface area contributed by atoms with Crippen molar-refractivity contribution in [3.05, 3.63) is 126 Å². The maximum absolute atomic E-state index is 12.9. The number of hydrogen-bond acceptors (Lipinski definition) is 12. The van der Waals surface area contributed by atoms with E-state index in [1.54, 1.807) is 93.6 Å². The molecule has 0 aliphatic rings. The largest absolute Gasteiger partial charge is 0.468 e. The lowest BCUT2D eigenvalue weighted by molar-refractivity contribution is -0.0580. The van der Waals surface area contributed by atoms with E-state index in [0.717, 1.165) is 0 Å². The monoisotopic (exact) mass is 702 g/mol. The van der Waals surface area contributed by atoms with Crippen molar-refractivity contribution in [2.24, 2.45) is 0 Å². The Bertz CT molecular complexity index is 1650. The fraction of sp³-hybridized carbons (Fsp3) is 0.308. The van der Waals surface area contributed by atoms with E-state index < -0.39 is 36.2 Å². The van der Waals surface area contributed by atoms with Gasteiger partial charge in [-0.1, -0.05) is 60.7 Å². The molecule has 0 N–H and O–H groups in total. The number of para-hydroxylation sites is 3. The molecule has 0 amide bonds. The molecule has 12 heteroatoms. The molecule has 0 aromatic heterocycles. The van der Waals surface area contributed by atoms with Crippen LogP contribution in [0, 0.1) is 0 Å². The first-order valence-electron chi connectivity index (χ1n) is 16.3. The second-order valence-corrected chi connectivity index (χ2v) is 11.2. The zero-order valence-corrected chi connectivity index (χ0v) is 28.8. The molecule has 0 heterocycles. The Kier molecular flexibility index (Phi) is 15.8. The van der Waals surface area contributed by atoms with Crippen LogP contribution in [0.15, 0.2) is 109 Å². The summed E-state index contributed by atoms with van der Waals surface area (Å²) in [5.74, 6) is -0.451. The maximum Gasteiger partial charge on any atom is 0.342 e. The van der Waals surface area contributed by atoms with Crippen LogP contribution in [-0.4, -0.2) is 76.4 Å². The van der Waals surface area contributed by atoms with E-state index in [2.05, 4.69) is 0 Å². The minimum atomic E-state index is -0.621. The predicted octanol–water partition coefficient (Wildman–Crippen LogP) is 6.48. The van der Waals surface area contributed by atoms with Crippen molar-refractivity contribution in [3.63, 3.8) is 0 Å². The second-order valence-electron chi connectivity index (χ2n) is 11.2. The summed E-state index contributed by atoms with van der Waals surface area (Å²) in [5, 5.41) is 0. The quantitative estimate of drug-likeness (QED) is 0.0534. The summed E-state index contributed by atoms with van der Waals surface area (Å²) >= 11 is 0. The van der Waals surface area contributed by atoms with E-state index in [4.69, 9.17) is 42.6 Å². The van der Waals surface area contributed by atoms with Crippen LogP contribution in [0.1, 0.15) is 51.8 Å². The fourth-order valence-electron chi connectivity index (χ4n) is 4.22. The number of benzene rings is 4. The van der Waals surface area contributed by atoms with E-state index in [0.29, 0.717) is 11.3 Å². The molecular weight excluding hydrogens is 660 g/mol. The minimum absolute atomic E-state index is 0.0108. The van der Waals surface area contributed by atoms with Crippen molar-refractivity contribution in [2.45, 2.75) is 39.1 Å². The van der Waals surface area contributed by atoms with Gasteiger partial charge < -0.3 is 42.6 Å². The van der Waals surface area contributed by atoms with E-state index in [-0.39, 0.29) is 62.8 Å². The van der Waals surface area contributed by atoms with Crippen molar-refractivity contribution in [1.82, 2.24) is 0 Å². The van der Waals surface area contributed by atoms with Gasteiger partial charge in [-0.3, -0.25) is 0 Å². The van der Waals surface area contributed by atoms with Crippen molar-refractivity contribution in [3.8, 4) is 17.2 Å². The number of hydrogen-bond donors (Lipinski definition) is 0. The van der Waals surface area contributed by atoms with Gasteiger partial charge >= 0.3 is 17.9 Å². The van der Waals surface area contributed by atoms with Gasteiger partial charge in [0.2, 0.25) is 0 Å². The Labute approximate surface area is 297 Å². The zero-order valence-electron chi connectivity index (χ0n) is 28.8. The lowest BCUT2D eigenvalue weighted by Gasteiger charge is -2.17. The highest BCUT2D eigenvalue weighted by Gasteiger charge is 2.18. The summed E-state index contributed by atoms with van der Waals surface area (Å²) in [7, 11) is 0. The lowest BCUT2D eigenvalue weighted by Crippen LogP contribution is -2.23. The summed E-state index contributed by atoms with van der Waals surface area (Å²) in [6.07, 6.45) is -1.40. The molecular formula is C39H42O12. The van der Waals surface area contributed by atoms with Crippen LogP contribution in [0.3, 0.4) is 0 Å². The summed E-state index contributed by atoms with van der Waals surface area (Å²) < 4.78 is 49.8. The molecule has 0 aliphatic heterocycles. The second kappa shape index (κ2) is 20.9. The number of carbonyl (C=O) groups is 3. The minimum Gasteiger partial charge on any atom is -0.468 e. The first kappa shape index (κ1) is 38.4. The number of esters is 3. The van der Waals surface area contributed by atoms with Crippen LogP contribution >= 0.6 is 0 Å². The van der Waals surface area contributed by atoms with Crippen LogP contribution in [0.25, 0.3) is 0 Å². The molecule has 0 saturated carbocycles. The maximum atomic E-state index is 12.9. The van der Waals surface area contributed by atoms with Crippen molar-refractivity contribution >= 4 is 17.9 Å². The van der Waals surface area contributed by atoms with Gasteiger partial charge in [0.1, 0.15) is 48.2 Å². The van der Waals surface area contributed by atoms with E-state index in [1.807, 2.05) is 36.4 Å². The first-order valence-corrected chi connectivity index (χ1v) is 16.3. The molecule has 270 valence electrons. The third-order valence-electron chi connectivity index (χ3n) is 7.03. The topological polar surface area (TPSA) is 134 Å². The first-order chi connectivity index (χ1) is 24.8. The molecule has 12 nitrogen and oxygen atoms in total. The molecule has 3 atom stereocenters. The summed E-state index contributed by atoms with van der Waals surface area (Å²) in [6.45, 7) is 4.79. The summed E-state index contributed by atoms with van der Waals surface area (Å²) in [4.78, 5) is 37.8. The number of carbonyl (C=O) groups excluding carboxylic acids is 3. The van der Waals surface area contributed by atoms with Gasteiger partial charge in [0.05, 0.1) is 23.9 Å². The Hall–Kier alpha value is -5.43. The molecule has 0 saturated heterocycles. The molecule has 4 aromatic rings. The highest BCUT2D eigenvalue weighted by Crippen LogP contribution is 2.21. The average molecular weight is 703 g/mol. The SMILES string of the molecule is CC(COC(=O)c1ccccc1)OCOc1ccccc1C(=O)OCC(C)OCOc1ccccc1C(=O)OCC(C)OCOc1ccccc1. The molecule has 0 spiro atoms. The van der Waals surface area contributed by atoms with Crippen molar-refractivity contribution in [2.75, 3.05) is 40.2 Å². The molecule has 3 unspecified atom stereocenters. The molecule has 4 aromatic carbocycles. The Balaban J connectivity index is 1.14. The van der Waals surface area contributed by atoms with Gasteiger partial charge in [-0.15, -0.1) is 0 Å². The predicted molar refractivity (Wildman–Crippen MR) is 185 cm³/mol. The van der Waals surface area contributed by atoms with Gasteiger partial charge in [-0.05, 0) is 69.3 Å². The Morgan fingerprint density at radius 1 is 0.451 bits per heavy atom. The van der Waals surface area contributed by atoms with Crippen LogP contribution in [-0.2, 0) is 28.4 Å². The van der Waals surface area contributed by atoms with Crippen LogP contribution < -0.4 is 14.2 Å². The molecule has 4 rings (SSSR count). The zero-order chi connectivity index (χ0) is 36.3. The molecule has 0 aliphatic carbocycles. The van der Waals surface area contributed by atoms with Gasteiger partial charge in [0, 0.05) is 0 Å². The molecule has 0 bridgehead atoms. The standard InChI is InChI=1S/C39H42O12/c1-28(22-43-37(40)31-14-6-4-7-15-31)47-26-50-35-20-12-11-19-34(35)39(42)45-24-30(3)48-27-51-36-21-13-10-18-33(36)38(41)44-23-29(2)46-25-49-32-16-8-5-9-17-32/h4-21,28-30H,22-27H2,1-3H3. The number of rotatable bonds is 21. The highest BCUT2D eigenvalue weighted by atomic mass is 16.7. The van der Waals surface area contributed by atoms with Gasteiger partial charge in [-0.2, -0.15) is 0 Å². The van der Waals surface area contributed by atoms with Crippen LogP contribution in [0.4, 0.5) is 0 Å². The third-order valence-corrected chi connectivity index (χ3v) is 7.03. The average Bonchev–Trinajstić information content (AvgIpc) is 3.16. The van der Waals surface area contributed by atoms with E-state index in [1.165, 1.54) is 0 Å². The summed E-state index contributed by atoms with van der Waals surface area (Å²) in [6, 6.07) is 31.1. The molecule has 0 radical (unpaired) electrons. The van der Waals surface area contributed by atoms with E-state index in [9.17, 15) is 14.4 Å². The highest BCUT2D eigenvalue weighted by molar-refractivity contribution is 5.93. The Morgan fingerprint density at radius 3 is 1.29 bits per heavy atom. The van der Waals surface area contributed by atoms with E-state index >= 15 is 0 Å².